The van der Waals surface area contributed by atoms with E-state index in [-0.39, 0.29) is 17.5 Å². The van der Waals surface area contributed by atoms with Crippen molar-refractivity contribution in [1.82, 2.24) is 14.9 Å². The maximum Gasteiger partial charge on any atom is 0.253 e. The molecule has 1 saturated heterocycles. The first-order valence-corrected chi connectivity index (χ1v) is 10.9. The van der Waals surface area contributed by atoms with E-state index in [2.05, 4.69) is 9.97 Å². The molecule has 0 radical (unpaired) electrons. The Hall–Kier alpha value is -3.54. The van der Waals surface area contributed by atoms with Crippen LogP contribution in [0, 0.1) is 17.6 Å². The number of likely N-dealkylation sites (tertiary alicyclic amines) is 1. The fraction of sp³-hybridized carbons (Fsp3) is 0.231. The third kappa shape index (κ3) is 4.13. The van der Waals surface area contributed by atoms with E-state index in [1.807, 2.05) is 4.90 Å². The summed E-state index contributed by atoms with van der Waals surface area (Å²) in [7, 11) is 0. The molecule has 0 saturated carbocycles. The van der Waals surface area contributed by atoms with Crippen molar-refractivity contribution in [3.8, 4) is 11.1 Å². The van der Waals surface area contributed by atoms with Gasteiger partial charge in [-0.1, -0.05) is 30.3 Å². The molecule has 0 aliphatic carbocycles. The number of rotatable bonds is 4. The summed E-state index contributed by atoms with van der Waals surface area (Å²) in [6, 6.07) is 18.3. The number of H-pyrrole nitrogens is 1. The van der Waals surface area contributed by atoms with Gasteiger partial charge in [0, 0.05) is 30.6 Å². The Morgan fingerprint density at radius 2 is 1.75 bits per heavy atom. The van der Waals surface area contributed by atoms with Crippen LogP contribution in [-0.2, 0) is 6.42 Å². The molecule has 3 aromatic carbocycles. The molecule has 1 amide bonds. The molecule has 0 spiro atoms. The monoisotopic (exact) mass is 431 g/mol. The molecule has 2 heterocycles. The van der Waals surface area contributed by atoms with Gasteiger partial charge in [-0.3, -0.25) is 4.79 Å². The quantitative estimate of drug-likeness (QED) is 0.457. The molecule has 1 fully saturated rings. The van der Waals surface area contributed by atoms with E-state index in [0.29, 0.717) is 35.7 Å². The summed E-state index contributed by atoms with van der Waals surface area (Å²) in [5, 5.41) is 0. The third-order valence-electron chi connectivity index (χ3n) is 6.19. The Labute approximate surface area is 184 Å². The molecule has 32 heavy (non-hydrogen) atoms. The Morgan fingerprint density at radius 1 is 1.00 bits per heavy atom. The zero-order valence-electron chi connectivity index (χ0n) is 17.5. The Balaban J connectivity index is 1.20. The smallest absolute Gasteiger partial charge is 0.253 e. The van der Waals surface area contributed by atoms with Crippen LogP contribution in [0.1, 0.15) is 29.0 Å². The first-order chi connectivity index (χ1) is 15.6. The Kier molecular flexibility index (Phi) is 5.43. The number of hydrogen-bond donors (Lipinski definition) is 1. The number of imidazole rings is 1. The van der Waals surface area contributed by atoms with Gasteiger partial charge < -0.3 is 9.88 Å². The van der Waals surface area contributed by atoms with Crippen LogP contribution >= 0.6 is 0 Å². The van der Waals surface area contributed by atoms with Crippen LogP contribution in [0.15, 0.2) is 66.7 Å². The van der Waals surface area contributed by atoms with E-state index in [4.69, 9.17) is 0 Å². The number of amides is 1. The Bertz CT molecular complexity index is 1260. The summed E-state index contributed by atoms with van der Waals surface area (Å²) >= 11 is 0. The zero-order chi connectivity index (χ0) is 22.1. The SMILES string of the molecule is O=C(c1ccc(-c2ccccc2F)cc1)N1CCC(Cc2nc3ccc(F)cc3[nH]2)CC1. The van der Waals surface area contributed by atoms with Crippen LogP contribution in [-0.4, -0.2) is 33.9 Å². The number of carbonyl (C=O) groups is 1. The van der Waals surface area contributed by atoms with Crippen molar-refractivity contribution in [3.05, 3.63) is 89.8 Å². The summed E-state index contributed by atoms with van der Waals surface area (Å²) in [6.45, 7) is 1.38. The highest BCUT2D eigenvalue weighted by atomic mass is 19.1. The summed E-state index contributed by atoms with van der Waals surface area (Å²) < 4.78 is 27.4. The number of nitrogens with one attached hydrogen (secondary N) is 1. The molecule has 5 rings (SSSR count). The first-order valence-electron chi connectivity index (χ1n) is 10.9. The largest absolute Gasteiger partial charge is 0.342 e. The highest BCUT2D eigenvalue weighted by Gasteiger charge is 2.24. The van der Waals surface area contributed by atoms with E-state index in [0.717, 1.165) is 36.2 Å². The minimum absolute atomic E-state index is 0.00254. The molecule has 1 aliphatic heterocycles. The summed E-state index contributed by atoms with van der Waals surface area (Å²) in [5.41, 5.74) is 3.38. The lowest BCUT2D eigenvalue weighted by atomic mass is 9.93. The van der Waals surface area contributed by atoms with Gasteiger partial charge in [-0.25, -0.2) is 13.8 Å². The average molecular weight is 431 g/mol. The van der Waals surface area contributed by atoms with Gasteiger partial charge in [0.1, 0.15) is 17.5 Å². The molecule has 4 aromatic rings. The van der Waals surface area contributed by atoms with Crippen LogP contribution in [0.4, 0.5) is 8.78 Å². The number of hydrogen-bond acceptors (Lipinski definition) is 2. The lowest BCUT2D eigenvalue weighted by Gasteiger charge is -2.31. The van der Waals surface area contributed by atoms with Crippen molar-refractivity contribution in [2.75, 3.05) is 13.1 Å². The van der Waals surface area contributed by atoms with Crippen molar-refractivity contribution >= 4 is 16.9 Å². The van der Waals surface area contributed by atoms with E-state index in [1.54, 1.807) is 48.5 Å². The highest BCUT2D eigenvalue weighted by Crippen LogP contribution is 2.26. The van der Waals surface area contributed by atoms with Gasteiger partial charge in [-0.2, -0.15) is 0 Å². The van der Waals surface area contributed by atoms with Crippen LogP contribution in [0.25, 0.3) is 22.2 Å². The predicted octanol–water partition coefficient (Wildman–Crippen LogP) is 5.60. The van der Waals surface area contributed by atoms with E-state index in [1.165, 1.54) is 18.2 Å². The molecule has 4 nitrogen and oxygen atoms in total. The van der Waals surface area contributed by atoms with Crippen LogP contribution in [0.5, 0.6) is 0 Å². The number of aromatic nitrogens is 2. The average Bonchev–Trinajstić information content (AvgIpc) is 3.21. The van der Waals surface area contributed by atoms with Crippen molar-refractivity contribution in [2.45, 2.75) is 19.3 Å². The molecular formula is C26H23F2N3O. The molecule has 1 aliphatic rings. The fourth-order valence-corrected chi connectivity index (χ4v) is 4.42. The van der Waals surface area contributed by atoms with E-state index in [9.17, 15) is 13.6 Å². The maximum atomic E-state index is 14.0. The van der Waals surface area contributed by atoms with Gasteiger partial charge in [-0.05, 0) is 60.7 Å². The molecule has 0 atom stereocenters. The molecule has 162 valence electrons. The normalized spacial score (nSPS) is 14.8. The van der Waals surface area contributed by atoms with Crippen molar-refractivity contribution < 1.29 is 13.6 Å². The molecule has 6 heteroatoms. The van der Waals surface area contributed by atoms with Crippen LogP contribution < -0.4 is 0 Å². The van der Waals surface area contributed by atoms with Crippen LogP contribution in [0.3, 0.4) is 0 Å². The highest BCUT2D eigenvalue weighted by molar-refractivity contribution is 5.94. The Morgan fingerprint density at radius 3 is 2.50 bits per heavy atom. The molecule has 0 bridgehead atoms. The van der Waals surface area contributed by atoms with Crippen molar-refractivity contribution in [1.29, 1.82) is 0 Å². The molecule has 1 aromatic heterocycles. The summed E-state index contributed by atoms with van der Waals surface area (Å²) in [5.74, 6) is 0.736. The topological polar surface area (TPSA) is 49.0 Å². The minimum Gasteiger partial charge on any atom is -0.342 e. The number of benzene rings is 3. The number of piperidine rings is 1. The number of halogens is 2. The van der Waals surface area contributed by atoms with Gasteiger partial charge in [0.25, 0.3) is 5.91 Å². The van der Waals surface area contributed by atoms with Gasteiger partial charge in [-0.15, -0.1) is 0 Å². The van der Waals surface area contributed by atoms with E-state index < -0.39 is 0 Å². The number of fused-ring (bicyclic) bond motifs is 1. The second-order valence-corrected chi connectivity index (χ2v) is 8.34. The second kappa shape index (κ2) is 8.54. The van der Waals surface area contributed by atoms with E-state index >= 15 is 0 Å². The molecule has 0 unspecified atom stereocenters. The summed E-state index contributed by atoms with van der Waals surface area (Å²) in [4.78, 5) is 22.6. The molecule has 1 N–H and O–H groups in total. The van der Waals surface area contributed by atoms with Gasteiger partial charge in [0.15, 0.2) is 0 Å². The second-order valence-electron chi connectivity index (χ2n) is 8.34. The maximum absolute atomic E-state index is 14.0. The third-order valence-corrected chi connectivity index (χ3v) is 6.19. The number of aromatic amines is 1. The van der Waals surface area contributed by atoms with Crippen LogP contribution in [0.2, 0.25) is 0 Å². The zero-order valence-corrected chi connectivity index (χ0v) is 17.5. The predicted molar refractivity (Wildman–Crippen MR) is 120 cm³/mol. The van der Waals surface area contributed by atoms with Gasteiger partial charge >= 0.3 is 0 Å². The van der Waals surface area contributed by atoms with Gasteiger partial charge in [0.05, 0.1) is 11.0 Å². The minimum atomic E-state index is -0.276. The van der Waals surface area contributed by atoms with Crippen molar-refractivity contribution in [3.63, 3.8) is 0 Å². The first kappa shape index (κ1) is 20.4. The summed E-state index contributed by atoms with van der Waals surface area (Å²) in [6.07, 6.45) is 2.57. The standard InChI is InChI=1S/C26H23F2N3O/c27-20-9-10-23-24(16-20)30-25(29-23)15-17-11-13-31(14-12-17)26(32)19-7-5-18(6-8-19)21-3-1-2-4-22(21)28/h1-10,16-17H,11-15H2,(H,29,30). The number of carbonyl (C=O) groups excluding carboxylic acids is 1. The molecular weight excluding hydrogens is 408 g/mol. The number of nitrogens with zero attached hydrogens (tertiary/aromatic N) is 2. The lowest BCUT2D eigenvalue weighted by molar-refractivity contribution is 0.0690. The lowest BCUT2D eigenvalue weighted by Crippen LogP contribution is -2.39. The van der Waals surface area contributed by atoms with Crippen molar-refractivity contribution in [2.24, 2.45) is 5.92 Å². The van der Waals surface area contributed by atoms with Gasteiger partial charge in [0.2, 0.25) is 0 Å². The fourth-order valence-electron chi connectivity index (χ4n) is 4.42.